The van der Waals surface area contributed by atoms with E-state index in [1.165, 1.54) is 0 Å². The number of ether oxygens (including phenoxy) is 1. The summed E-state index contributed by atoms with van der Waals surface area (Å²) in [5.74, 6) is -1.81. The molecule has 2 rings (SSSR count). The number of benzene rings is 2. The van der Waals surface area contributed by atoms with E-state index in [1.807, 2.05) is 18.2 Å². The maximum atomic E-state index is 11.9. The summed E-state index contributed by atoms with van der Waals surface area (Å²) in [6.07, 6.45) is -0.671. The fraction of sp³-hybridized carbons (Fsp3) is 0.211. The van der Waals surface area contributed by atoms with Crippen molar-refractivity contribution < 1.29 is 24.2 Å². The number of nitrogens with one attached hydrogen (secondary N) is 2. The standard InChI is InChI=1S/C19H19ClN2O5/c20-15-8-6-13(7-9-15)10-16(18(24)25)22-17(23)11-21-19(26)27-12-14-4-2-1-3-5-14/h1-9,16H,10-12H2,(H,21,26)(H,22,23)(H,24,25)/t16-/m1/s1. The predicted molar refractivity (Wildman–Crippen MR) is 99.4 cm³/mol. The van der Waals surface area contributed by atoms with Crippen molar-refractivity contribution in [3.63, 3.8) is 0 Å². The first kappa shape index (κ1) is 20.3. The summed E-state index contributed by atoms with van der Waals surface area (Å²) in [5.41, 5.74) is 1.52. The molecule has 142 valence electrons. The van der Waals surface area contributed by atoms with Gasteiger partial charge in [-0.25, -0.2) is 9.59 Å². The average molecular weight is 391 g/mol. The molecule has 0 saturated heterocycles. The number of carbonyl (C=O) groups is 3. The number of carbonyl (C=O) groups excluding carboxylic acids is 2. The lowest BCUT2D eigenvalue weighted by Crippen LogP contribution is -2.46. The normalized spacial score (nSPS) is 11.3. The van der Waals surface area contributed by atoms with Crippen LogP contribution in [0.25, 0.3) is 0 Å². The molecule has 27 heavy (non-hydrogen) atoms. The molecule has 0 aromatic heterocycles. The molecule has 8 heteroatoms. The van der Waals surface area contributed by atoms with Gasteiger partial charge < -0.3 is 20.5 Å². The quantitative estimate of drug-likeness (QED) is 0.641. The Balaban J connectivity index is 1.77. The summed E-state index contributed by atoms with van der Waals surface area (Å²) in [6, 6.07) is 14.6. The highest BCUT2D eigenvalue weighted by atomic mass is 35.5. The third kappa shape index (κ3) is 7.37. The van der Waals surface area contributed by atoms with Gasteiger partial charge >= 0.3 is 12.1 Å². The van der Waals surface area contributed by atoms with Crippen LogP contribution < -0.4 is 10.6 Å². The summed E-state index contributed by atoms with van der Waals surface area (Å²) in [5, 5.41) is 14.5. The van der Waals surface area contributed by atoms with Crippen LogP contribution in [0.5, 0.6) is 0 Å². The van der Waals surface area contributed by atoms with Crippen molar-refractivity contribution in [3.05, 3.63) is 70.7 Å². The molecule has 0 aliphatic heterocycles. The van der Waals surface area contributed by atoms with E-state index in [4.69, 9.17) is 16.3 Å². The Labute approximate surface area is 161 Å². The minimum atomic E-state index is -1.18. The zero-order chi connectivity index (χ0) is 19.6. The van der Waals surface area contributed by atoms with Crippen molar-refractivity contribution in [1.82, 2.24) is 10.6 Å². The third-order valence-corrected chi connectivity index (χ3v) is 3.84. The highest BCUT2D eigenvalue weighted by Crippen LogP contribution is 2.11. The Bertz CT molecular complexity index is 780. The minimum absolute atomic E-state index is 0.0720. The molecule has 2 aromatic carbocycles. The Kier molecular flexibility index (Phi) is 7.63. The first-order valence-corrected chi connectivity index (χ1v) is 8.53. The fourth-order valence-electron chi connectivity index (χ4n) is 2.23. The zero-order valence-corrected chi connectivity index (χ0v) is 15.1. The molecule has 0 saturated carbocycles. The highest BCUT2D eigenvalue weighted by Gasteiger charge is 2.20. The molecule has 0 unspecified atom stereocenters. The van der Waals surface area contributed by atoms with Crippen LogP contribution in [0.3, 0.4) is 0 Å². The lowest BCUT2D eigenvalue weighted by molar-refractivity contribution is -0.141. The van der Waals surface area contributed by atoms with E-state index in [2.05, 4.69) is 10.6 Å². The number of alkyl carbamates (subject to hydrolysis) is 1. The molecule has 3 N–H and O–H groups in total. The van der Waals surface area contributed by atoms with Crippen molar-refractivity contribution in [2.24, 2.45) is 0 Å². The van der Waals surface area contributed by atoms with Crippen molar-refractivity contribution in [2.45, 2.75) is 19.1 Å². The summed E-state index contributed by atoms with van der Waals surface area (Å²) in [6.45, 7) is -0.319. The van der Waals surface area contributed by atoms with E-state index >= 15 is 0 Å². The highest BCUT2D eigenvalue weighted by molar-refractivity contribution is 6.30. The van der Waals surface area contributed by atoms with Crippen LogP contribution in [0.15, 0.2) is 54.6 Å². The first-order valence-electron chi connectivity index (χ1n) is 8.15. The maximum absolute atomic E-state index is 11.9. The minimum Gasteiger partial charge on any atom is -0.480 e. The van der Waals surface area contributed by atoms with E-state index in [1.54, 1.807) is 36.4 Å². The molecule has 0 fully saturated rings. The van der Waals surface area contributed by atoms with Crippen molar-refractivity contribution in [2.75, 3.05) is 6.54 Å². The van der Waals surface area contributed by atoms with E-state index < -0.39 is 30.6 Å². The molecule has 0 bridgehead atoms. The lowest BCUT2D eigenvalue weighted by Gasteiger charge is -2.15. The Morgan fingerprint density at radius 1 is 1.00 bits per heavy atom. The number of carboxylic acids is 1. The van der Waals surface area contributed by atoms with E-state index in [-0.39, 0.29) is 13.0 Å². The topological polar surface area (TPSA) is 105 Å². The second-order valence-corrected chi connectivity index (χ2v) is 6.14. The van der Waals surface area contributed by atoms with E-state index in [0.717, 1.165) is 5.56 Å². The van der Waals surface area contributed by atoms with Crippen molar-refractivity contribution in [1.29, 1.82) is 0 Å². The molecule has 0 radical (unpaired) electrons. The number of aliphatic carboxylic acids is 1. The smallest absolute Gasteiger partial charge is 0.407 e. The monoisotopic (exact) mass is 390 g/mol. The van der Waals surface area contributed by atoms with Crippen LogP contribution in [0.4, 0.5) is 4.79 Å². The van der Waals surface area contributed by atoms with Crippen molar-refractivity contribution in [3.8, 4) is 0 Å². The maximum Gasteiger partial charge on any atom is 0.407 e. The Morgan fingerprint density at radius 2 is 1.67 bits per heavy atom. The van der Waals surface area contributed by atoms with Gasteiger partial charge in [-0.05, 0) is 23.3 Å². The van der Waals surface area contributed by atoms with Gasteiger partial charge in [0.1, 0.15) is 19.2 Å². The lowest BCUT2D eigenvalue weighted by atomic mass is 10.1. The predicted octanol–water partition coefficient (Wildman–Crippen LogP) is 2.38. The third-order valence-electron chi connectivity index (χ3n) is 3.59. The van der Waals surface area contributed by atoms with Gasteiger partial charge in [-0.15, -0.1) is 0 Å². The van der Waals surface area contributed by atoms with Crippen LogP contribution in [-0.2, 0) is 27.4 Å². The zero-order valence-electron chi connectivity index (χ0n) is 14.4. The molecule has 7 nitrogen and oxygen atoms in total. The van der Waals surface area contributed by atoms with Gasteiger partial charge in [0.2, 0.25) is 5.91 Å². The molecule has 0 heterocycles. The number of rotatable bonds is 8. The number of carboxylic acid groups (broad SMARTS) is 1. The fourth-order valence-corrected chi connectivity index (χ4v) is 2.35. The summed E-state index contributed by atoms with van der Waals surface area (Å²) in [7, 11) is 0. The number of hydrogen-bond acceptors (Lipinski definition) is 4. The molecule has 0 aliphatic rings. The van der Waals surface area contributed by atoms with E-state index in [9.17, 15) is 19.5 Å². The summed E-state index contributed by atoms with van der Waals surface area (Å²) in [4.78, 5) is 34.9. The first-order chi connectivity index (χ1) is 12.9. The SMILES string of the molecule is O=C(CNC(=O)OCc1ccccc1)N[C@H](Cc1ccc(Cl)cc1)C(=O)O. The van der Waals surface area contributed by atoms with Gasteiger partial charge in [0.25, 0.3) is 0 Å². The van der Waals surface area contributed by atoms with Crippen molar-refractivity contribution >= 4 is 29.6 Å². The van der Waals surface area contributed by atoms with Crippen LogP contribution in [-0.4, -0.2) is 35.7 Å². The van der Waals surface area contributed by atoms with E-state index in [0.29, 0.717) is 10.6 Å². The van der Waals surface area contributed by atoms with Gasteiger partial charge in [0.05, 0.1) is 0 Å². The van der Waals surface area contributed by atoms with Crippen LogP contribution in [0, 0.1) is 0 Å². The summed E-state index contributed by atoms with van der Waals surface area (Å²) >= 11 is 5.79. The molecule has 2 amide bonds. The Morgan fingerprint density at radius 3 is 2.30 bits per heavy atom. The number of amides is 2. The van der Waals surface area contributed by atoms with Crippen LogP contribution in [0.1, 0.15) is 11.1 Å². The largest absolute Gasteiger partial charge is 0.480 e. The van der Waals surface area contributed by atoms with Gasteiger partial charge in [0, 0.05) is 11.4 Å². The van der Waals surface area contributed by atoms with Crippen LogP contribution in [0.2, 0.25) is 5.02 Å². The number of halogens is 1. The van der Waals surface area contributed by atoms with Crippen LogP contribution >= 0.6 is 11.6 Å². The van der Waals surface area contributed by atoms with Gasteiger partial charge in [0.15, 0.2) is 0 Å². The number of hydrogen-bond donors (Lipinski definition) is 3. The molecule has 0 spiro atoms. The van der Waals surface area contributed by atoms with Gasteiger partial charge in [-0.2, -0.15) is 0 Å². The Hall–Kier alpha value is -3.06. The second-order valence-electron chi connectivity index (χ2n) is 5.70. The summed E-state index contributed by atoms with van der Waals surface area (Å²) < 4.78 is 4.98. The molecular formula is C19H19ClN2O5. The molecule has 0 aliphatic carbocycles. The molecule has 2 aromatic rings. The van der Waals surface area contributed by atoms with Gasteiger partial charge in [-0.1, -0.05) is 54.1 Å². The molecule has 1 atom stereocenters. The molecular weight excluding hydrogens is 372 g/mol. The average Bonchev–Trinajstić information content (AvgIpc) is 2.66. The second kappa shape index (κ2) is 10.2. The van der Waals surface area contributed by atoms with Gasteiger partial charge in [-0.3, -0.25) is 4.79 Å².